The van der Waals surface area contributed by atoms with Gasteiger partial charge in [0.05, 0.1) is 6.54 Å². The monoisotopic (exact) mass is 311 g/mol. The Balaban J connectivity index is 1.46. The minimum absolute atomic E-state index is 0.0637. The van der Waals surface area contributed by atoms with Gasteiger partial charge in [-0.15, -0.1) is 0 Å². The van der Waals surface area contributed by atoms with Gasteiger partial charge in [-0.05, 0) is 44.0 Å². The van der Waals surface area contributed by atoms with Crippen LogP contribution in [0.5, 0.6) is 0 Å². The highest BCUT2D eigenvalue weighted by molar-refractivity contribution is 5.92. The highest BCUT2D eigenvalue weighted by Gasteiger charge is 2.44. The molecule has 120 valence electrons. The second kappa shape index (κ2) is 5.81. The maximum Gasteiger partial charge on any atom is 0.272 e. The number of furan rings is 1. The molecule has 0 aliphatic carbocycles. The lowest BCUT2D eigenvalue weighted by Gasteiger charge is -2.25. The van der Waals surface area contributed by atoms with Crippen molar-refractivity contribution in [2.24, 2.45) is 0 Å². The number of hydrogen-bond acceptors (Lipinski definition) is 4. The van der Waals surface area contributed by atoms with Crippen LogP contribution < -0.4 is 0 Å². The smallest absolute Gasteiger partial charge is 0.272 e. The van der Waals surface area contributed by atoms with E-state index in [-0.39, 0.29) is 5.91 Å². The van der Waals surface area contributed by atoms with Gasteiger partial charge in [0.1, 0.15) is 17.2 Å². The van der Waals surface area contributed by atoms with Crippen LogP contribution in [0.1, 0.15) is 34.9 Å². The lowest BCUT2D eigenvalue weighted by molar-refractivity contribution is 0.0725. The highest BCUT2D eigenvalue weighted by Crippen LogP contribution is 2.33. The van der Waals surface area contributed by atoms with Crippen LogP contribution >= 0.6 is 0 Å². The van der Waals surface area contributed by atoms with Crippen molar-refractivity contribution in [3.8, 4) is 0 Å². The summed E-state index contributed by atoms with van der Waals surface area (Å²) in [6.45, 7) is 4.64. The number of nitrogens with zero attached hydrogens (tertiary/aromatic N) is 3. The first-order chi connectivity index (χ1) is 11.2. The summed E-state index contributed by atoms with van der Waals surface area (Å²) >= 11 is 0. The van der Waals surface area contributed by atoms with Crippen LogP contribution in [0.3, 0.4) is 0 Å². The predicted molar refractivity (Wildman–Crippen MR) is 85.9 cm³/mol. The Kier molecular flexibility index (Phi) is 3.65. The Morgan fingerprint density at radius 2 is 2.09 bits per heavy atom. The van der Waals surface area contributed by atoms with Gasteiger partial charge in [-0.2, -0.15) is 0 Å². The molecule has 0 unspecified atom stereocenters. The summed E-state index contributed by atoms with van der Waals surface area (Å²) < 4.78 is 5.71. The van der Waals surface area contributed by atoms with Gasteiger partial charge in [0.25, 0.3) is 5.91 Å². The lowest BCUT2D eigenvalue weighted by atomic mass is 10.1. The van der Waals surface area contributed by atoms with Gasteiger partial charge in [-0.3, -0.25) is 14.7 Å². The average molecular weight is 311 g/mol. The fraction of sp³-hybridized carbons (Fsp3) is 0.444. The second-order valence-electron chi connectivity index (χ2n) is 6.41. The van der Waals surface area contributed by atoms with Crippen molar-refractivity contribution < 1.29 is 9.21 Å². The number of amides is 1. The summed E-state index contributed by atoms with van der Waals surface area (Å²) in [5.74, 6) is 2.03. The third kappa shape index (κ3) is 2.65. The van der Waals surface area contributed by atoms with E-state index in [1.165, 1.54) is 0 Å². The Morgan fingerprint density at radius 3 is 2.83 bits per heavy atom. The van der Waals surface area contributed by atoms with E-state index in [1.54, 1.807) is 12.3 Å². The first kappa shape index (κ1) is 14.5. The van der Waals surface area contributed by atoms with E-state index in [4.69, 9.17) is 4.42 Å². The van der Waals surface area contributed by atoms with Gasteiger partial charge in [0, 0.05) is 31.4 Å². The second-order valence-corrected chi connectivity index (χ2v) is 6.41. The van der Waals surface area contributed by atoms with E-state index in [9.17, 15) is 4.79 Å². The molecule has 0 saturated carbocycles. The molecule has 2 atom stereocenters. The van der Waals surface area contributed by atoms with Gasteiger partial charge in [0.15, 0.2) is 0 Å². The summed E-state index contributed by atoms with van der Waals surface area (Å²) in [5.41, 5.74) is 0.549. The fourth-order valence-corrected chi connectivity index (χ4v) is 3.93. The molecule has 2 aromatic heterocycles. The van der Waals surface area contributed by atoms with Crippen molar-refractivity contribution in [1.29, 1.82) is 0 Å². The standard InChI is InChI=1S/C18H21N3O2/c1-13-5-6-14(23-13)12-20-10-7-17-16(20)8-11-21(17)18(22)15-4-2-3-9-19-15/h2-6,9,16-17H,7-8,10-12H2,1H3/t16-,17+/m0/s1. The van der Waals surface area contributed by atoms with Crippen LogP contribution in [0.25, 0.3) is 0 Å². The molecular weight excluding hydrogens is 290 g/mol. The van der Waals surface area contributed by atoms with E-state index >= 15 is 0 Å². The Morgan fingerprint density at radius 1 is 1.22 bits per heavy atom. The largest absolute Gasteiger partial charge is 0.465 e. The van der Waals surface area contributed by atoms with Crippen molar-refractivity contribution in [2.45, 2.75) is 38.4 Å². The third-order valence-electron chi connectivity index (χ3n) is 4.99. The number of pyridine rings is 1. The summed E-state index contributed by atoms with van der Waals surface area (Å²) in [7, 11) is 0. The molecule has 0 N–H and O–H groups in total. The summed E-state index contributed by atoms with van der Waals surface area (Å²) in [5, 5.41) is 0. The average Bonchev–Trinajstić information content (AvgIpc) is 3.26. The number of carbonyl (C=O) groups excluding carboxylic acids is 1. The Labute approximate surface area is 135 Å². The maximum atomic E-state index is 12.7. The van der Waals surface area contributed by atoms with Crippen molar-refractivity contribution in [3.63, 3.8) is 0 Å². The van der Waals surface area contributed by atoms with Crippen molar-refractivity contribution in [2.75, 3.05) is 13.1 Å². The van der Waals surface area contributed by atoms with Crippen LogP contribution in [-0.4, -0.2) is 45.9 Å². The van der Waals surface area contributed by atoms with E-state index < -0.39 is 0 Å². The quantitative estimate of drug-likeness (QED) is 0.874. The molecule has 2 aromatic rings. The highest BCUT2D eigenvalue weighted by atomic mass is 16.3. The Hall–Kier alpha value is -2.14. The molecule has 0 spiro atoms. The van der Waals surface area contributed by atoms with E-state index in [0.29, 0.717) is 17.8 Å². The molecular formula is C18H21N3O2. The molecule has 1 amide bonds. The van der Waals surface area contributed by atoms with E-state index in [1.807, 2.05) is 30.0 Å². The molecule has 0 aromatic carbocycles. The van der Waals surface area contributed by atoms with Gasteiger partial charge < -0.3 is 9.32 Å². The number of fused-ring (bicyclic) bond motifs is 1. The van der Waals surface area contributed by atoms with Gasteiger partial charge in [-0.1, -0.05) is 6.07 Å². The zero-order valence-electron chi connectivity index (χ0n) is 13.3. The number of rotatable bonds is 3. The van der Waals surface area contributed by atoms with Crippen LogP contribution in [0.15, 0.2) is 40.9 Å². The van der Waals surface area contributed by atoms with Crippen molar-refractivity contribution >= 4 is 5.91 Å². The lowest BCUT2D eigenvalue weighted by Crippen LogP contribution is -2.39. The summed E-state index contributed by atoms with van der Waals surface area (Å²) in [6.07, 6.45) is 3.74. The molecule has 5 heteroatoms. The normalized spacial score (nSPS) is 24.1. The minimum atomic E-state index is 0.0637. The minimum Gasteiger partial charge on any atom is -0.465 e. The molecule has 5 nitrogen and oxygen atoms in total. The first-order valence-electron chi connectivity index (χ1n) is 8.24. The van der Waals surface area contributed by atoms with Crippen molar-refractivity contribution in [1.82, 2.24) is 14.8 Å². The molecule has 0 bridgehead atoms. The summed E-state index contributed by atoms with van der Waals surface area (Å²) in [4.78, 5) is 21.4. The number of aryl methyl sites for hydroxylation is 1. The van der Waals surface area contributed by atoms with Crippen LogP contribution in [0.2, 0.25) is 0 Å². The van der Waals surface area contributed by atoms with E-state index in [0.717, 1.165) is 44.0 Å². The third-order valence-corrected chi connectivity index (χ3v) is 4.99. The fourth-order valence-electron chi connectivity index (χ4n) is 3.93. The van der Waals surface area contributed by atoms with E-state index in [2.05, 4.69) is 16.0 Å². The maximum absolute atomic E-state index is 12.7. The van der Waals surface area contributed by atoms with Crippen LogP contribution in [0.4, 0.5) is 0 Å². The Bertz CT molecular complexity index is 697. The van der Waals surface area contributed by atoms with Crippen molar-refractivity contribution in [3.05, 3.63) is 53.7 Å². The van der Waals surface area contributed by atoms with Crippen LogP contribution in [-0.2, 0) is 6.54 Å². The number of hydrogen-bond donors (Lipinski definition) is 0. The number of likely N-dealkylation sites (tertiary alicyclic amines) is 2. The zero-order valence-corrected chi connectivity index (χ0v) is 13.3. The molecule has 2 aliphatic heterocycles. The molecule has 0 radical (unpaired) electrons. The molecule has 4 rings (SSSR count). The zero-order chi connectivity index (χ0) is 15.8. The number of carbonyl (C=O) groups is 1. The number of aromatic nitrogens is 1. The molecule has 23 heavy (non-hydrogen) atoms. The predicted octanol–water partition coefficient (Wildman–Crippen LogP) is 2.47. The van der Waals surface area contributed by atoms with Gasteiger partial charge >= 0.3 is 0 Å². The summed E-state index contributed by atoms with van der Waals surface area (Å²) in [6, 6.07) is 10.3. The first-order valence-corrected chi connectivity index (χ1v) is 8.24. The molecule has 2 aliphatic rings. The molecule has 2 saturated heterocycles. The SMILES string of the molecule is Cc1ccc(CN2CC[C@@H]3[C@@H]2CCN3C(=O)c2ccccn2)o1. The van der Waals surface area contributed by atoms with Gasteiger partial charge in [0.2, 0.25) is 0 Å². The molecule has 2 fully saturated rings. The van der Waals surface area contributed by atoms with Crippen LogP contribution in [0, 0.1) is 6.92 Å². The molecule has 4 heterocycles. The van der Waals surface area contributed by atoms with Gasteiger partial charge in [-0.25, -0.2) is 0 Å². The topological polar surface area (TPSA) is 49.6 Å².